The summed E-state index contributed by atoms with van der Waals surface area (Å²) in [7, 11) is 0. The minimum absolute atomic E-state index is 0.329. The molecule has 2 aromatic rings. The molecule has 0 radical (unpaired) electrons. The third kappa shape index (κ3) is 3.66. The summed E-state index contributed by atoms with van der Waals surface area (Å²) in [6.45, 7) is 0. The molecule has 2 aromatic carbocycles. The van der Waals surface area contributed by atoms with Gasteiger partial charge in [-0.1, -0.05) is 65.1 Å². The highest BCUT2D eigenvalue weighted by atomic mass is 35.5. The number of hydrogen-bond acceptors (Lipinski definition) is 2. The fourth-order valence-electron chi connectivity index (χ4n) is 2.01. The van der Waals surface area contributed by atoms with Crippen LogP contribution in [0, 0.1) is 0 Å². The Kier molecular flexibility index (Phi) is 5.30. The molecule has 0 aromatic heterocycles. The van der Waals surface area contributed by atoms with Crippen molar-refractivity contribution in [3.05, 3.63) is 68.7 Å². The standard InChI is InChI=1S/C15H14Cl3NO/c16-10-7-11(14(18)12(17)8-10)15(19)13(20)6-9-4-2-1-3-5-9/h1-5,7-8,13,15,20H,6,19H2/t13-,15+/m0/s1. The van der Waals surface area contributed by atoms with Gasteiger partial charge in [0.2, 0.25) is 0 Å². The molecule has 2 rings (SSSR count). The molecule has 0 saturated carbocycles. The predicted molar refractivity (Wildman–Crippen MR) is 84.6 cm³/mol. The highest BCUT2D eigenvalue weighted by Crippen LogP contribution is 2.34. The van der Waals surface area contributed by atoms with E-state index in [0.29, 0.717) is 27.1 Å². The predicted octanol–water partition coefficient (Wildman–Crippen LogP) is 4.25. The molecule has 2 nitrogen and oxygen atoms in total. The summed E-state index contributed by atoms with van der Waals surface area (Å²) in [5, 5.41) is 11.4. The number of aliphatic hydroxyl groups is 1. The molecule has 2 atom stereocenters. The van der Waals surface area contributed by atoms with Crippen molar-refractivity contribution >= 4 is 34.8 Å². The van der Waals surface area contributed by atoms with Crippen LogP contribution >= 0.6 is 34.8 Å². The van der Waals surface area contributed by atoms with Crippen LogP contribution < -0.4 is 5.73 Å². The number of rotatable bonds is 4. The maximum Gasteiger partial charge on any atom is 0.0773 e. The van der Waals surface area contributed by atoms with E-state index in [0.717, 1.165) is 5.56 Å². The second kappa shape index (κ2) is 6.79. The number of aliphatic hydroxyl groups excluding tert-OH is 1. The van der Waals surface area contributed by atoms with Gasteiger partial charge in [-0.05, 0) is 23.3 Å². The lowest BCUT2D eigenvalue weighted by molar-refractivity contribution is 0.145. The second-order valence-electron chi connectivity index (χ2n) is 4.57. The molecule has 0 spiro atoms. The molecule has 0 fully saturated rings. The second-order valence-corrected chi connectivity index (χ2v) is 5.80. The fourth-order valence-corrected chi connectivity index (χ4v) is 2.75. The quantitative estimate of drug-likeness (QED) is 0.823. The number of nitrogens with two attached hydrogens (primary N) is 1. The monoisotopic (exact) mass is 329 g/mol. The van der Waals surface area contributed by atoms with E-state index >= 15 is 0 Å². The largest absolute Gasteiger partial charge is 0.391 e. The van der Waals surface area contributed by atoms with Crippen LogP contribution in [0.15, 0.2) is 42.5 Å². The van der Waals surface area contributed by atoms with Crippen molar-refractivity contribution in [1.29, 1.82) is 0 Å². The molecule has 0 aliphatic rings. The third-order valence-corrected chi connectivity index (χ3v) is 4.12. The minimum atomic E-state index is -0.774. The van der Waals surface area contributed by atoms with Crippen molar-refractivity contribution in [3.63, 3.8) is 0 Å². The molecular weight excluding hydrogens is 317 g/mol. The topological polar surface area (TPSA) is 46.2 Å². The number of hydrogen-bond donors (Lipinski definition) is 2. The van der Waals surface area contributed by atoms with Gasteiger partial charge in [0.05, 0.1) is 22.2 Å². The maximum atomic E-state index is 10.3. The molecule has 0 amide bonds. The average molecular weight is 331 g/mol. The summed E-state index contributed by atoms with van der Waals surface area (Å²) in [4.78, 5) is 0. The summed E-state index contributed by atoms with van der Waals surface area (Å²) in [5.74, 6) is 0. The van der Waals surface area contributed by atoms with Crippen molar-refractivity contribution in [2.45, 2.75) is 18.6 Å². The van der Waals surface area contributed by atoms with Crippen LogP contribution in [-0.4, -0.2) is 11.2 Å². The SMILES string of the molecule is N[C@H](c1cc(Cl)cc(Cl)c1Cl)[C@@H](O)Cc1ccccc1. The maximum absolute atomic E-state index is 10.3. The van der Waals surface area contributed by atoms with Gasteiger partial charge in [-0.3, -0.25) is 0 Å². The third-order valence-electron chi connectivity index (χ3n) is 3.08. The smallest absolute Gasteiger partial charge is 0.0773 e. The van der Waals surface area contributed by atoms with Crippen LogP contribution in [0.2, 0.25) is 15.1 Å². The normalized spacial score (nSPS) is 14.1. The summed E-state index contributed by atoms with van der Waals surface area (Å²) in [6, 6.07) is 12.1. The van der Waals surface area contributed by atoms with E-state index in [-0.39, 0.29) is 0 Å². The Hall–Kier alpha value is -0.770. The van der Waals surface area contributed by atoms with E-state index in [9.17, 15) is 5.11 Å². The zero-order valence-electron chi connectivity index (χ0n) is 10.6. The molecule has 0 saturated heterocycles. The highest BCUT2D eigenvalue weighted by Gasteiger charge is 2.21. The Bertz CT molecular complexity index is 589. The molecular formula is C15H14Cl3NO. The molecule has 0 aliphatic heterocycles. The molecule has 20 heavy (non-hydrogen) atoms. The lowest BCUT2D eigenvalue weighted by Gasteiger charge is -2.21. The van der Waals surface area contributed by atoms with Crippen LogP contribution in [-0.2, 0) is 6.42 Å². The molecule has 0 heterocycles. The summed E-state index contributed by atoms with van der Waals surface area (Å²) >= 11 is 18.1. The van der Waals surface area contributed by atoms with Crippen LogP contribution in [0.3, 0.4) is 0 Å². The molecule has 106 valence electrons. The van der Waals surface area contributed by atoms with Crippen molar-refractivity contribution in [2.75, 3.05) is 0 Å². The molecule has 0 aliphatic carbocycles. The Morgan fingerprint density at radius 3 is 2.35 bits per heavy atom. The first-order chi connectivity index (χ1) is 9.49. The van der Waals surface area contributed by atoms with Crippen LogP contribution in [0.4, 0.5) is 0 Å². The molecule has 0 unspecified atom stereocenters. The zero-order chi connectivity index (χ0) is 14.7. The van der Waals surface area contributed by atoms with E-state index in [1.54, 1.807) is 12.1 Å². The minimum Gasteiger partial charge on any atom is -0.391 e. The zero-order valence-corrected chi connectivity index (χ0v) is 12.8. The van der Waals surface area contributed by atoms with Gasteiger partial charge in [-0.2, -0.15) is 0 Å². The Labute approximate surface area is 133 Å². The number of halogens is 3. The fraction of sp³-hybridized carbons (Fsp3) is 0.200. The summed E-state index contributed by atoms with van der Waals surface area (Å²) < 4.78 is 0. The lowest BCUT2D eigenvalue weighted by atomic mass is 9.97. The van der Waals surface area contributed by atoms with Gasteiger partial charge in [0, 0.05) is 11.4 Å². The Morgan fingerprint density at radius 1 is 1.05 bits per heavy atom. The first-order valence-electron chi connectivity index (χ1n) is 6.11. The lowest BCUT2D eigenvalue weighted by Crippen LogP contribution is -2.28. The van der Waals surface area contributed by atoms with E-state index < -0.39 is 12.1 Å². The van der Waals surface area contributed by atoms with Gasteiger partial charge in [-0.15, -0.1) is 0 Å². The molecule has 0 bridgehead atoms. The first-order valence-corrected chi connectivity index (χ1v) is 7.24. The first kappa shape index (κ1) is 15.6. The van der Waals surface area contributed by atoms with Gasteiger partial charge >= 0.3 is 0 Å². The van der Waals surface area contributed by atoms with Crippen LogP contribution in [0.1, 0.15) is 17.2 Å². The summed E-state index contributed by atoms with van der Waals surface area (Å²) in [6.07, 6.45) is -0.341. The van der Waals surface area contributed by atoms with E-state index in [2.05, 4.69) is 0 Å². The van der Waals surface area contributed by atoms with E-state index in [1.807, 2.05) is 30.3 Å². The van der Waals surface area contributed by atoms with Gasteiger partial charge in [0.25, 0.3) is 0 Å². The van der Waals surface area contributed by atoms with Crippen molar-refractivity contribution in [2.24, 2.45) is 5.73 Å². The van der Waals surface area contributed by atoms with Gasteiger partial charge in [-0.25, -0.2) is 0 Å². The van der Waals surface area contributed by atoms with Gasteiger partial charge in [0.1, 0.15) is 0 Å². The molecule has 3 N–H and O–H groups in total. The van der Waals surface area contributed by atoms with Crippen LogP contribution in [0.5, 0.6) is 0 Å². The summed E-state index contributed by atoms with van der Waals surface area (Å²) in [5.41, 5.74) is 7.62. The Morgan fingerprint density at radius 2 is 1.70 bits per heavy atom. The van der Waals surface area contributed by atoms with E-state index in [4.69, 9.17) is 40.5 Å². The van der Waals surface area contributed by atoms with Crippen molar-refractivity contribution in [1.82, 2.24) is 0 Å². The average Bonchev–Trinajstić information content (AvgIpc) is 2.43. The van der Waals surface area contributed by atoms with E-state index in [1.165, 1.54) is 0 Å². The molecule has 5 heteroatoms. The number of benzene rings is 2. The van der Waals surface area contributed by atoms with Crippen molar-refractivity contribution < 1.29 is 5.11 Å². The highest BCUT2D eigenvalue weighted by molar-refractivity contribution is 6.43. The van der Waals surface area contributed by atoms with Gasteiger partial charge in [0.15, 0.2) is 0 Å². The van der Waals surface area contributed by atoms with Crippen molar-refractivity contribution in [3.8, 4) is 0 Å². The Balaban J connectivity index is 2.21. The van der Waals surface area contributed by atoms with Crippen LogP contribution in [0.25, 0.3) is 0 Å². The van der Waals surface area contributed by atoms with Gasteiger partial charge < -0.3 is 10.8 Å².